The second kappa shape index (κ2) is 7.48. The molecule has 1 aromatic rings. The van der Waals surface area contributed by atoms with Gasteiger partial charge in [-0.15, -0.1) is 0 Å². The van der Waals surface area contributed by atoms with Crippen molar-refractivity contribution in [3.63, 3.8) is 0 Å². The monoisotopic (exact) mass is 348 g/mol. The van der Waals surface area contributed by atoms with Crippen molar-refractivity contribution in [2.24, 2.45) is 0 Å². The standard InChI is InChI=1S/C16H20F4N2O2/c1-21(10-15(23)24)12-4-6-22(7-5-12)9-11-2-3-14(17)13(8-11)16(18,19)20/h2-3,8,12H,4-7,9-10H2,1H3,(H,23,24). The second-order valence-electron chi connectivity index (χ2n) is 6.13. The highest BCUT2D eigenvalue weighted by molar-refractivity contribution is 5.69. The van der Waals surface area contributed by atoms with Crippen LogP contribution in [0.1, 0.15) is 24.0 Å². The molecule has 1 saturated heterocycles. The minimum Gasteiger partial charge on any atom is -0.480 e. The maximum absolute atomic E-state index is 13.3. The number of alkyl halides is 3. The summed E-state index contributed by atoms with van der Waals surface area (Å²) in [5.74, 6) is -2.15. The van der Waals surface area contributed by atoms with Crippen LogP contribution < -0.4 is 0 Å². The van der Waals surface area contributed by atoms with E-state index in [0.717, 1.165) is 25.0 Å². The number of aliphatic carboxylic acids is 1. The molecule has 1 aromatic carbocycles. The predicted molar refractivity (Wildman–Crippen MR) is 80.0 cm³/mol. The fourth-order valence-electron chi connectivity index (χ4n) is 3.01. The van der Waals surface area contributed by atoms with Crippen molar-refractivity contribution < 1.29 is 27.5 Å². The number of likely N-dealkylation sites (N-methyl/N-ethyl adjacent to an activating group) is 1. The molecular weight excluding hydrogens is 328 g/mol. The minimum atomic E-state index is -4.70. The van der Waals surface area contributed by atoms with Crippen LogP contribution in [0.15, 0.2) is 18.2 Å². The summed E-state index contributed by atoms with van der Waals surface area (Å²) in [6.45, 7) is 1.61. The Morgan fingerprint density at radius 1 is 1.33 bits per heavy atom. The Labute approximate surface area is 137 Å². The molecule has 0 atom stereocenters. The molecule has 134 valence electrons. The fraction of sp³-hybridized carbons (Fsp3) is 0.562. The molecule has 2 rings (SSSR count). The number of nitrogens with zero attached hydrogens (tertiary/aromatic N) is 2. The Hall–Kier alpha value is -1.67. The molecule has 0 amide bonds. The summed E-state index contributed by atoms with van der Waals surface area (Å²) in [5, 5.41) is 8.80. The number of hydrogen-bond donors (Lipinski definition) is 1. The molecule has 1 aliphatic heterocycles. The van der Waals surface area contributed by atoms with Gasteiger partial charge in [0.2, 0.25) is 0 Å². The molecule has 4 nitrogen and oxygen atoms in total. The minimum absolute atomic E-state index is 0.0302. The Morgan fingerprint density at radius 3 is 2.50 bits per heavy atom. The largest absolute Gasteiger partial charge is 0.480 e. The Morgan fingerprint density at radius 2 is 1.96 bits per heavy atom. The van der Waals surface area contributed by atoms with Gasteiger partial charge in [-0.3, -0.25) is 14.6 Å². The lowest BCUT2D eigenvalue weighted by Crippen LogP contribution is -2.44. The van der Waals surface area contributed by atoms with Crippen LogP contribution in [0.4, 0.5) is 17.6 Å². The topological polar surface area (TPSA) is 43.8 Å². The fourth-order valence-corrected chi connectivity index (χ4v) is 3.01. The third kappa shape index (κ3) is 4.91. The van der Waals surface area contributed by atoms with Crippen molar-refractivity contribution in [2.75, 3.05) is 26.7 Å². The van der Waals surface area contributed by atoms with Gasteiger partial charge in [-0.2, -0.15) is 13.2 Å². The van der Waals surface area contributed by atoms with E-state index in [1.54, 1.807) is 11.9 Å². The lowest BCUT2D eigenvalue weighted by molar-refractivity contribution is -0.140. The van der Waals surface area contributed by atoms with Gasteiger partial charge in [0.05, 0.1) is 12.1 Å². The first kappa shape index (κ1) is 18.7. The summed E-state index contributed by atoms with van der Waals surface area (Å²) in [7, 11) is 1.75. The van der Waals surface area contributed by atoms with Gasteiger partial charge in [-0.25, -0.2) is 4.39 Å². The number of benzene rings is 1. The van der Waals surface area contributed by atoms with E-state index in [4.69, 9.17) is 5.11 Å². The molecule has 0 unspecified atom stereocenters. The molecule has 1 N–H and O–H groups in total. The van der Waals surface area contributed by atoms with Crippen LogP contribution in [0.25, 0.3) is 0 Å². The highest BCUT2D eigenvalue weighted by Crippen LogP contribution is 2.32. The van der Waals surface area contributed by atoms with Crippen LogP contribution in [0.3, 0.4) is 0 Å². The zero-order valence-electron chi connectivity index (χ0n) is 13.3. The van der Waals surface area contributed by atoms with E-state index in [9.17, 15) is 22.4 Å². The van der Waals surface area contributed by atoms with E-state index in [0.29, 0.717) is 25.2 Å². The SMILES string of the molecule is CN(CC(=O)O)C1CCN(Cc2ccc(F)c(C(F)(F)F)c2)CC1. The number of likely N-dealkylation sites (tertiary alicyclic amines) is 1. The van der Waals surface area contributed by atoms with Gasteiger partial charge < -0.3 is 5.11 Å². The molecule has 0 aliphatic carbocycles. The maximum Gasteiger partial charge on any atom is 0.419 e. The van der Waals surface area contributed by atoms with Crippen molar-refractivity contribution in [1.29, 1.82) is 0 Å². The van der Waals surface area contributed by atoms with Crippen molar-refractivity contribution in [3.8, 4) is 0 Å². The lowest BCUT2D eigenvalue weighted by Gasteiger charge is -2.36. The lowest BCUT2D eigenvalue weighted by atomic mass is 10.0. The number of carboxylic acid groups (broad SMARTS) is 1. The van der Waals surface area contributed by atoms with Gasteiger partial charge >= 0.3 is 12.1 Å². The molecule has 24 heavy (non-hydrogen) atoms. The molecule has 0 aromatic heterocycles. The maximum atomic E-state index is 13.3. The number of piperidine rings is 1. The smallest absolute Gasteiger partial charge is 0.419 e. The van der Waals surface area contributed by atoms with Crippen molar-refractivity contribution in [3.05, 3.63) is 35.1 Å². The van der Waals surface area contributed by atoms with Gasteiger partial charge in [0.25, 0.3) is 0 Å². The van der Waals surface area contributed by atoms with Gasteiger partial charge in [0.15, 0.2) is 0 Å². The number of carbonyl (C=O) groups is 1. The van der Waals surface area contributed by atoms with Gasteiger partial charge in [-0.05, 0) is 50.7 Å². The van der Waals surface area contributed by atoms with E-state index >= 15 is 0 Å². The molecule has 8 heteroatoms. The van der Waals surface area contributed by atoms with E-state index < -0.39 is 23.5 Å². The molecule has 0 radical (unpaired) electrons. The van der Waals surface area contributed by atoms with E-state index in [2.05, 4.69) is 0 Å². The summed E-state index contributed by atoms with van der Waals surface area (Å²) >= 11 is 0. The van der Waals surface area contributed by atoms with Gasteiger partial charge in [-0.1, -0.05) is 6.07 Å². The first-order valence-corrected chi connectivity index (χ1v) is 7.67. The highest BCUT2D eigenvalue weighted by atomic mass is 19.4. The number of rotatable bonds is 5. The van der Waals surface area contributed by atoms with Crippen LogP contribution >= 0.6 is 0 Å². The zero-order chi connectivity index (χ0) is 17.9. The summed E-state index contributed by atoms with van der Waals surface area (Å²) < 4.78 is 51.5. The van der Waals surface area contributed by atoms with E-state index in [1.807, 2.05) is 4.90 Å². The van der Waals surface area contributed by atoms with Crippen LogP contribution in [-0.4, -0.2) is 53.6 Å². The normalized spacial score (nSPS) is 17.4. The summed E-state index contributed by atoms with van der Waals surface area (Å²) in [4.78, 5) is 14.5. The average Bonchev–Trinajstić information content (AvgIpc) is 2.48. The molecule has 1 aliphatic rings. The summed E-state index contributed by atoms with van der Waals surface area (Å²) in [5.41, 5.74) is -0.822. The molecule has 0 spiro atoms. The third-order valence-corrected chi connectivity index (χ3v) is 4.31. The van der Waals surface area contributed by atoms with Crippen molar-refractivity contribution in [2.45, 2.75) is 31.6 Å². The van der Waals surface area contributed by atoms with Crippen LogP contribution in [0.5, 0.6) is 0 Å². The molecule has 1 heterocycles. The molecule has 0 bridgehead atoms. The molecular formula is C16H20F4N2O2. The predicted octanol–water partition coefficient (Wildman–Crippen LogP) is 2.83. The quantitative estimate of drug-likeness (QED) is 0.831. The highest BCUT2D eigenvalue weighted by Gasteiger charge is 2.34. The first-order valence-electron chi connectivity index (χ1n) is 7.67. The van der Waals surface area contributed by atoms with Crippen LogP contribution in [-0.2, 0) is 17.5 Å². The Kier molecular flexibility index (Phi) is 5.82. The van der Waals surface area contributed by atoms with Gasteiger partial charge in [0.1, 0.15) is 5.82 Å². The molecule has 1 fully saturated rings. The summed E-state index contributed by atoms with van der Waals surface area (Å²) in [6, 6.07) is 3.23. The van der Waals surface area contributed by atoms with E-state index in [-0.39, 0.29) is 12.6 Å². The zero-order valence-corrected chi connectivity index (χ0v) is 13.3. The number of hydrogen-bond acceptors (Lipinski definition) is 3. The van der Waals surface area contributed by atoms with E-state index in [1.165, 1.54) is 6.07 Å². The van der Waals surface area contributed by atoms with Gasteiger partial charge in [0, 0.05) is 12.6 Å². The Bertz CT molecular complexity index is 584. The second-order valence-corrected chi connectivity index (χ2v) is 6.13. The van der Waals surface area contributed by atoms with Crippen LogP contribution in [0.2, 0.25) is 0 Å². The number of halogens is 4. The third-order valence-electron chi connectivity index (χ3n) is 4.31. The number of carboxylic acids is 1. The average molecular weight is 348 g/mol. The summed E-state index contributed by atoms with van der Waals surface area (Å²) in [6.07, 6.45) is -3.21. The first-order chi connectivity index (χ1) is 11.2. The van der Waals surface area contributed by atoms with Crippen molar-refractivity contribution >= 4 is 5.97 Å². The Balaban J connectivity index is 1.94. The van der Waals surface area contributed by atoms with Crippen LogP contribution in [0, 0.1) is 5.82 Å². The van der Waals surface area contributed by atoms with Crippen molar-refractivity contribution in [1.82, 2.24) is 9.80 Å². The molecule has 0 saturated carbocycles.